The first-order valence-corrected chi connectivity index (χ1v) is 13.4. The summed E-state index contributed by atoms with van der Waals surface area (Å²) in [6.07, 6.45) is 4.03. The third-order valence-electron chi connectivity index (χ3n) is 5.65. The molecular weight excluding hydrogens is 424 g/mol. The minimum absolute atomic E-state index is 0.0839. The van der Waals surface area contributed by atoms with Crippen LogP contribution in [-0.4, -0.2) is 53.1 Å². The molecule has 0 unspecified atom stereocenters. The van der Waals surface area contributed by atoms with Crippen LogP contribution in [0.3, 0.4) is 0 Å². The largest absolute Gasteiger partial charge is 0.490 e. The van der Waals surface area contributed by atoms with Gasteiger partial charge < -0.3 is 4.74 Å². The van der Waals surface area contributed by atoms with Crippen molar-refractivity contribution in [2.75, 3.05) is 30.2 Å². The molecule has 2 heterocycles. The third-order valence-corrected chi connectivity index (χ3v) is 8.78. The van der Waals surface area contributed by atoms with Crippen LogP contribution in [-0.2, 0) is 26.5 Å². The number of aryl methyl sites for hydroxylation is 1. The highest BCUT2D eigenvalue weighted by Gasteiger charge is 2.29. The summed E-state index contributed by atoms with van der Waals surface area (Å²) < 4.78 is 58.5. The normalized spacial score (nSPS) is 18.8. The monoisotopic (exact) mass is 450 g/mol. The van der Waals surface area contributed by atoms with E-state index in [-0.39, 0.29) is 11.0 Å². The molecule has 0 aliphatic carbocycles. The first-order chi connectivity index (χ1) is 14.2. The Labute approximate surface area is 178 Å². The Balaban J connectivity index is 1.45. The standard InChI is InChI=1S/C21H26N2O5S2/c1-29(24,25)22-15-12-19(13-16-22)28-18-8-10-20(11-9-18)30(26,27)23-14-4-6-17-5-2-3-7-21(17)23/h2-3,5,7-11,19H,4,6,12-16H2,1H3. The lowest BCUT2D eigenvalue weighted by molar-refractivity contribution is 0.135. The van der Waals surface area contributed by atoms with Crippen molar-refractivity contribution in [3.8, 4) is 5.75 Å². The van der Waals surface area contributed by atoms with E-state index in [9.17, 15) is 16.8 Å². The summed E-state index contributed by atoms with van der Waals surface area (Å²) in [6.45, 7) is 1.34. The summed E-state index contributed by atoms with van der Waals surface area (Å²) in [5.41, 5.74) is 1.80. The molecule has 2 aromatic rings. The van der Waals surface area contributed by atoms with Crippen LogP contribution in [0.25, 0.3) is 0 Å². The molecule has 162 valence electrons. The van der Waals surface area contributed by atoms with Crippen molar-refractivity contribution in [2.45, 2.75) is 36.7 Å². The number of nitrogens with zero attached hydrogens (tertiary/aromatic N) is 2. The molecule has 4 rings (SSSR count). The zero-order valence-electron chi connectivity index (χ0n) is 16.9. The molecule has 1 saturated heterocycles. The summed E-state index contributed by atoms with van der Waals surface area (Å²) in [5.74, 6) is 0.589. The topological polar surface area (TPSA) is 84.0 Å². The number of hydrogen-bond acceptors (Lipinski definition) is 5. The van der Waals surface area contributed by atoms with Crippen LogP contribution in [0.15, 0.2) is 53.4 Å². The summed E-state index contributed by atoms with van der Waals surface area (Å²) in [7, 11) is -6.81. The van der Waals surface area contributed by atoms with Gasteiger partial charge in [0.25, 0.3) is 10.0 Å². The van der Waals surface area contributed by atoms with Gasteiger partial charge in [-0.3, -0.25) is 4.31 Å². The molecule has 0 spiro atoms. The van der Waals surface area contributed by atoms with Gasteiger partial charge in [0.15, 0.2) is 0 Å². The second kappa shape index (κ2) is 8.20. The van der Waals surface area contributed by atoms with Gasteiger partial charge in [-0.1, -0.05) is 18.2 Å². The number of hydrogen-bond donors (Lipinski definition) is 0. The maximum absolute atomic E-state index is 13.2. The maximum atomic E-state index is 13.2. The average Bonchev–Trinajstić information content (AvgIpc) is 2.73. The molecule has 0 aromatic heterocycles. The minimum atomic E-state index is -3.64. The predicted molar refractivity (Wildman–Crippen MR) is 116 cm³/mol. The van der Waals surface area contributed by atoms with Gasteiger partial charge in [0, 0.05) is 19.6 Å². The van der Waals surface area contributed by atoms with Gasteiger partial charge in [-0.15, -0.1) is 0 Å². The quantitative estimate of drug-likeness (QED) is 0.699. The van der Waals surface area contributed by atoms with Crippen molar-refractivity contribution < 1.29 is 21.6 Å². The molecule has 9 heteroatoms. The Morgan fingerprint density at radius 2 is 1.57 bits per heavy atom. The highest BCUT2D eigenvalue weighted by Crippen LogP contribution is 2.32. The zero-order valence-corrected chi connectivity index (χ0v) is 18.5. The van der Waals surface area contributed by atoms with Crippen molar-refractivity contribution >= 4 is 25.7 Å². The van der Waals surface area contributed by atoms with Crippen molar-refractivity contribution in [3.05, 3.63) is 54.1 Å². The van der Waals surface area contributed by atoms with Gasteiger partial charge >= 0.3 is 0 Å². The van der Waals surface area contributed by atoms with Crippen molar-refractivity contribution in [2.24, 2.45) is 0 Å². The lowest BCUT2D eigenvalue weighted by atomic mass is 10.0. The summed E-state index contributed by atoms with van der Waals surface area (Å²) in [6, 6.07) is 14.1. The maximum Gasteiger partial charge on any atom is 0.264 e. The van der Waals surface area contributed by atoms with Crippen LogP contribution in [0.5, 0.6) is 5.75 Å². The Morgan fingerprint density at radius 3 is 2.23 bits per heavy atom. The van der Waals surface area contributed by atoms with E-state index in [1.165, 1.54) is 14.9 Å². The van der Waals surface area contributed by atoms with Gasteiger partial charge in [0.1, 0.15) is 11.9 Å². The van der Waals surface area contributed by atoms with Crippen LogP contribution < -0.4 is 9.04 Å². The molecular formula is C21H26N2O5S2. The van der Waals surface area contributed by atoms with Gasteiger partial charge in [-0.2, -0.15) is 0 Å². The fourth-order valence-electron chi connectivity index (χ4n) is 4.04. The summed E-state index contributed by atoms with van der Waals surface area (Å²) in [5, 5.41) is 0. The van der Waals surface area contributed by atoms with E-state index < -0.39 is 20.0 Å². The predicted octanol–water partition coefficient (Wildman–Crippen LogP) is 2.63. The van der Waals surface area contributed by atoms with Crippen LogP contribution in [0.1, 0.15) is 24.8 Å². The zero-order chi connectivity index (χ0) is 21.4. The third kappa shape index (κ3) is 4.33. The SMILES string of the molecule is CS(=O)(=O)N1CCC(Oc2ccc(S(=O)(=O)N3CCCc4ccccc43)cc2)CC1. The lowest BCUT2D eigenvalue weighted by Crippen LogP contribution is -2.41. The van der Waals surface area contributed by atoms with Gasteiger partial charge in [0.2, 0.25) is 10.0 Å². The smallest absolute Gasteiger partial charge is 0.264 e. The number of anilines is 1. The molecule has 0 amide bonds. The van der Waals surface area contributed by atoms with Crippen molar-refractivity contribution in [3.63, 3.8) is 0 Å². The number of fused-ring (bicyclic) bond motifs is 1. The highest BCUT2D eigenvalue weighted by atomic mass is 32.2. The molecule has 0 atom stereocenters. The second-order valence-corrected chi connectivity index (χ2v) is 11.6. The number of sulfonamides is 2. The molecule has 0 bridgehead atoms. The summed E-state index contributed by atoms with van der Waals surface area (Å²) >= 11 is 0. The molecule has 7 nitrogen and oxygen atoms in total. The second-order valence-electron chi connectivity index (χ2n) is 7.76. The van der Waals surface area contributed by atoms with Crippen LogP contribution in [0.2, 0.25) is 0 Å². The van der Waals surface area contributed by atoms with Crippen LogP contribution >= 0.6 is 0 Å². The molecule has 2 aliphatic rings. The van der Waals surface area contributed by atoms with Gasteiger partial charge in [0.05, 0.1) is 16.8 Å². The Bertz CT molecular complexity index is 1110. The Hall–Kier alpha value is -2.10. The fourth-order valence-corrected chi connectivity index (χ4v) is 6.46. The van der Waals surface area contributed by atoms with E-state index in [1.54, 1.807) is 24.3 Å². The number of ether oxygens (including phenoxy) is 1. The van der Waals surface area contributed by atoms with Gasteiger partial charge in [-0.25, -0.2) is 21.1 Å². The van der Waals surface area contributed by atoms with Crippen LogP contribution in [0, 0.1) is 0 Å². The summed E-state index contributed by atoms with van der Waals surface area (Å²) in [4.78, 5) is 0.235. The highest BCUT2D eigenvalue weighted by molar-refractivity contribution is 7.92. The van der Waals surface area contributed by atoms with E-state index in [2.05, 4.69) is 0 Å². The lowest BCUT2D eigenvalue weighted by Gasteiger charge is -2.31. The minimum Gasteiger partial charge on any atom is -0.490 e. The van der Waals surface area contributed by atoms with E-state index in [0.29, 0.717) is 38.2 Å². The molecule has 2 aliphatic heterocycles. The molecule has 0 N–H and O–H groups in total. The van der Waals surface area contributed by atoms with Crippen molar-refractivity contribution in [1.29, 1.82) is 0 Å². The molecule has 30 heavy (non-hydrogen) atoms. The first kappa shape index (κ1) is 21.1. The van der Waals surface area contributed by atoms with E-state index >= 15 is 0 Å². The average molecular weight is 451 g/mol. The molecule has 2 aromatic carbocycles. The number of para-hydroxylation sites is 1. The fraction of sp³-hybridized carbons (Fsp3) is 0.429. The Morgan fingerprint density at radius 1 is 0.900 bits per heavy atom. The van der Waals surface area contributed by atoms with Gasteiger partial charge in [-0.05, 0) is 61.6 Å². The van der Waals surface area contributed by atoms with Crippen molar-refractivity contribution in [1.82, 2.24) is 4.31 Å². The molecule has 0 radical (unpaired) electrons. The molecule has 1 fully saturated rings. The number of rotatable bonds is 5. The van der Waals surface area contributed by atoms with E-state index in [1.807, 2.05) is 24.3 Å². The molecule has 0 saturated carbocycles. The van der Waals surface area contributed by atoms with E-state index in [0.717, 1.165) is 24.1 Å². The number of benzene rings is 2. The van der Waals surface area contributed by atoms with Crippen LogP contribution in [0.4, 0.5) is 5.69 Å². The first-order valence-electron chi connectivity index (χ1n) is 10.1. The Kier molecular flexibility index (Phi) is 5.78. The number of piperidine rings is 1. The van der Waals surface area contributed by atoms with E-state index in [4.69, 9.17) is 4.74 Å².